The van der Waals surface area contributed by atoms with Crippen LogP contribution in [0.4, 0.5) is 4.39 Å². The lowest BCUT2D eigenvalue weighted by molar-refractivity contribution is 0.556. The Morgan fingerprint density at radius 1 is 1.45 bits per heavy atom. The van der Waals surface area contributed by atoms with Gasteiger partial charge in [0.15, 0.2) is 4.96 Å². The summed E-state index contributed by atoms with van der Waals surface area (Å²) < 4.78 is 15.3. The Kier molecular flexibility index (Phi) is 3.54. The maximum Gasteiger partial charge on any atom is 0.194 e. The zero-order valence-corrected chi connectivity index (χ0v) is 12.2. The summed E-state index contributed by atoms with van der Waals surface area (Å²) in [6.45, 7) is 4.76. The summed E-state index contributed by atoms with van der Waals surface area (Å²) in [6, 6.07) is 6.80. The summed E-state index contributed by atoms with van der Waals surface area (Å²) in [7, 11) is 0. The lowest BCUT2D eigenvalue weighted by Crippen LogP contribution is -2.19. The highest BCUT2D eigenvalue weighted by Gasteiger charge is 2.11. The van der Waals surface area contributed by atoms with Crippen molar-refractivity contribution in [1.29, 1.82) is 0 Å². The Balaban J connectivity index is 1.76. The van der Waals surface area contributed by atoms with Gasteiger partial charge in [0.05, 0.1) is 11.4 Å². The number of hydrogen-bond acceptors (Lipinski definition) is 3. The average molecular weight is 289 g/mol. The van der Waals surface area contributed by atoms with Gasteiger partial charge in [0, 0.05) is 24.2 Å². The second kappa shape index (κ2) is 5.34. The van der Waals surface area contributed by atoms with Crippen LogP contribution in [0.5, 0.6) is 0 Å². The van der Waals surface area contributed by atoms with Gasteiger partial charge >= 0.3 is 0 Å². The van der Waals surface area contributed by atoms with Gasteiger partial charge in [-0.3, -0.25) is 4.40 Å². The molecule has 20 heavy (non-hydrogen) atoms. The van der Waals surface area contributed by atoms with Crippen molar-refractivity contribution in [3.8, 4) is 0 Å². The molecule has 0 unspecified atom stereocenters. The summed E-state index contributed by atoms with van der Waals surface area (Å²) in [5, 5.41) is 5.46. The van der Waals surface area contributed by atoms with Crippen molar-refractivity contribution < 1.29 is 4.39 Å². The Bertz CT molecular complexity index is 732. The molecule has 104 valence electrons. The average Bonchev–Trinajstić information content (AvgIpc) is 2.97. The summed E-state index contributed by atoms with van der Waals surface area (Å²) >= 11 is 1.63. The van der Waals surface area contributed by atoms with Gasteiger partial charge in [-0.15, -0.1) is 11.3 Å². The van der Waals surface area contributed by atoms with Crippen LogP contribution in [0, 0.1) is 12.7 Å². The predicted molar refractivity (Wildman–Crippen MR) is 79.5 cm³/mol. The summed E-state index contributed by atoms with van der Waals surface area (Å²) in [4.78, 5) is 5.53. The van der Waals surface area contributed by atoms with E-state index < -0.39 is 0 Å². The highest BCUT2D eigenvalue weighted by Crippen LogP contribution is 2.18. The zero-order chi connectivity index (χ0) is 14.1. The van der Waals surface area contributed by atoms with Crippen molar-refractivity contribution in [2.24, 2.45) is 0 Å². The topological polar surface area (TPSA) is 29.3 Å². The standard InChI is InChI=1S/C15H16FN3S/c1-10(12-4-3-5-13(16)8-12)17-9-14-11(2)18-15-19(14)6-7-20-15/h3-8,10,17H,9H2,1-2H3/t10-/m0/s1. The number of fused-ring (bicyclic) bond motifs is 1. The molecule has 2 aromatic heterocycles. The highest BCUT2D eigenvalue weighted by atomic mass is 32.1. The van der Waals surface area contributed by atoms with Gasteiger partial charge in [0.2, 0.25) is 0 Å². The van der Waals surface area contributed by atoms with Crippen LogP contribution in [-0.2, 0) is 6.54 Å². The molecule has 0 amide bonds. The van der Waals surface area contributed by atoms with E-state index in [4.69, 9.17) is 0 Å². The molecule has 1 aromatic carbocycles. The largest absolute Gasteiger partial charge is 0.305 e. The highest BCUT2D eigenvalue weighted by molar-refractivity contribution is 7.15. The SMILES string of the molecule is Cc1nc2sccn2c1CN[C@@H](C)c1cccc(F)c1. The fraction of sp³-hybridized carbons (Fsp3) is 0.267. The molecule has 0 bridgehead atoms. The van der Waals surface area contributed by atoms with Gasteiger partial charge in [-0.05, 0) is 31.5 Å². The molecule has 0 saturated carbocycles. The van der Waals surface area contributed by atoms with Crippen LogP contribution in [0.3, 0.4) is 0 Å². The third kappa shape index (κ3) is 2.46. The molecule has 0 aliphatic heterocycles. The normalized spacial score (nSPS) is 12.9. The second-order valence-electron chi connectivity index (χ2n) is 4.86. The summed E-state index contributed by atoms with van der Waals surface area (Å²) in [6.07, 6.45) is 2.03. The Morgan fingerprint density at radius 3 is 3.10 bits per heavy atom. The van der Waals surface area contributed by atoms with E-state index in [1.807, 2.05) is 31.5 Å². The Hall–Kier alpha value is -1.72. The smallest absolute Gasteiger partial charge is 0.194 e. The van der Waals surface area contributed by atoms with E-state index in [1.165, 1.54) is 6.07 Å². The van der Waals surface area contributed by atoms with Crippen LogP contribution in [-0.4, -0.2) is 9.38 Å². The molecule has 2 heterocycles. The lowest BCUT2D eigenvalue weighted by atomic mass is 10.1. The van der Waals surface area contributed by atoms with Crippen molar-refractivity contribution in [3.05, 3.63) is 58.6 Å². The minimum absolute atomic E-state index is 0.0919. The fourth-order valence-corrected chi connectivity index (χ4v) is 3.08. The molecule has 3 aromatic rings. The van der Waals surface area contributed by atoms with Crippen LogP contribution in [0.1, 0.15) is 29.9 Å². The number of thiazole rings is 1. The number of aromatic nitrogens is 2. The summed E-state index contributed by atoms with van der Waals surface area (Å²) in [5.74, 6) is -0.197. The van der Waals surface area contributed by atoms with E-state index in [9.17, 15) is 4.39 Å². The molecule has 0 fully saturated rings. The number of nitrogens with zero attached hydrogens (tertiary/aromatic N) is 2. The Morgan fingerprint density at radius 2 is 2.30 bits per heavy atom. The molecular formula is C15H16FN3S. The molecule has 0 spiro atoms. The molecule has 0 radical (unpaired) electrons. The van der Waals surface area contributed by atoms with Crippen molar-refractivity contribution in [1.82, 2.24) is 14.7 Å². The zero-order valence-electron chi connectivity index (χ0n) is 11.4. The number of rotatable bonds is 4. The van der Waals surface area contributed by atoms with E-state index in [2.05, 4.69) is 14.7 Å². The van der Waals surface area contributed by atoms with Crippen LogP contribution < -0.4 is 5.32 Å². The molecule has 0 aliphatic rings. The molecular weight excluding hydrogens is 273 g/mol. The van der Waals surface area contributed by atoms with Crippen molar-refractivity contribution in [2.45, 2.75) is 26.4 Å². The Labute approximate surface area is 121 Å². The van der Waals surface area contributed by atoms with Crippen LogP contribution in [0.15, 0.2) is 35.8 Å². The third-order valence-electron chi connectivity index (χ3n) is 3.49. The predicted octanol–water partition coefficient (Wildman–Crippen LogP) is 3.69. The second-order valence-corrected chi connectivity index (χ2v) is 5.73. The number of nitrogens with one attached hydrogen (secondary N) is 1. The van der Waals surface area contributed by atoms with E-state index in [-0.39, 0.29) is 11.9 Å². The van der Waals surface area contributed by atoms with Crippen LogP contribution >= 0.6 is 11.3 Å². The number of halogens is 1. The molecule has 1 N–H and O–H groups in total. The van der Waals surface area contributed by atoms with Crippen LogP contribution in [0.2, 0.25) is 0 Å². The number of imidazole rings is 1. The fourth-order valence-electron chi connectivity index (χ4n) is 2.30. The minimum atomic E-state index is -0.197. The number of hydrogen-bond donors (Lipinski definition) is 1. The quantitative estimate of drug-likeness (QED) is 0.793. The number of benzene rings is 1. The third-order valence-corrected chi connectivity index (χ3v) is 4.24. The van der Waals surface area contributed by atoms with Gasteiger partial charge in [-0.25, -0.2) is 9.37 Å². The first-order chi connectivity index (χ1) is 9.65. The molecule has 1 atom stereocenters. The number of aryl methyl sites for hydroxylation is 1. The first-order valence-electron chi connectivity index (χ1n) is 6.55. The van der Waals surface area contributed by atoms with Gasteiger partial charge in [0.25, 0.3) is 0 Å². The minimum Gasteiger partial charge on any atom is -0.305 e. The maximum absolute atomic E-state index is 13.2. The van der Waals surface area contributed by atoms with Crippen LogP contribution in [0.25, 0.3) is 4.96 Å². The molecule has 0 saturated heterocycles. The van der Waals surface area contributed by atoms with Gasteiger partial charge in [-0.2, -0.15) is 0 Å². The first-order valence-corrected chi connectivity index (χ1v) is 7.43. The van der Waals surface area contributed by atoms with E-state index in [0.29, 0.717) is 6.54 Å². The monoisotopic (exact) mass is 289 g/mol. The lowest BCUT2D eigenvalue weighted by Gasteiger charge is -2.14. The van der Waals surface area contributed by atoms with Gasteiger partial charge in [-0.1, -0.05) is 12.1 Å². The van der Waals surface area contributed by atoms with E-state index in [0.717, 1.165) is 21.9 Å². The molecule has 3 nitrogen and oxygen atoms in total. The van der Waals surface area contributed by atoms with E-state index in [1.54, 1.807) is 23.5 Å². The molecule has 5 heteroatoms. The van der Waals surface area contributed by atoms with Crippen molar-refractivity contribution >= 4 is 16.3 Å². The van der Waals surface area contributed by atoms with E-state index >= 15 is 0 Å². The van der Waals surface area contributed by atoms with Crippen molar-refractivity contribution in [3.63, 3.8) is 0 Å². The molecule has 0 aliphatic carbocycles. The van der Waals surface area contributed by atoms with Gasteiger partial charge in [0.1, 0.15) is 5.82 Å². The maximum atomic E-state index is 13.2. The first kappa shape index (κ1) is 13.3. The summed E-state index contributed by atoms with van der Waals surface area (Å²) in [5.41, 5.74) is 3.15. The van der Waals surface area contributed by atoms with Crippen molar-refractivity contribution in [2.75, 3.05) is 0 Å². The van der Waals surface area contributed by atoms with Gasteiger partial charge < -0.3 is 5.32 Å². The molecule has 3 rings (SSSR count).